The van der Waals surface area contributed by atoms with Gasteiger partial charge in [-0.15, -0.1) is 0 Å². The molecule has 0 radical (unpaired) electrons. The number of hydrogen-bond acceptors (Lipinski definition) is 4. The number of anilines is 1. The molecule has 122 valence electrons. The Morgan fingerprint density at radius 1 is 1.00 bits per heavy atom. The van der Waals surface area contributed by atoms with Gasteiger partial charge in [-0.1, -0.05) is 30.3 Å². The van der Waals surface area contributed by atoms with Crippen LogP contribution in [0, 0.1) is 5.39 Å². The van der Waals surface area contributed by atoms with Gasteiger partial charge in [-0.25, -0.2) is 0 Å². The number of rotatable bonds is 7. The van der Waals surface area contributed by atoms with Crippen LogP contribution in [0.4, 0.5) is 11.4 Å². The van der Waals surface area contributed by atoms with Gasteiger partial charge in [0, 0.05) is 12.6 Å². The summed E-state index contributed by atoms with van der Waals surface area (Å²) in [6.07, 6.45) is 0. The zero-order valence-corrected chi connectivity index (χ0v) is 14.0. The maximum Gasteiger partial charge on any atom is 0.430 e. The summed E-state index contributed by atoms with van der Waals surface area (Å²) in [5, 5.41) is 12.4. The average molecular weight is 334 g/mol. The maximum absolute atomic E-state index is 9.11. The van der Waals surface area contributed by atoms with Crippen LogP contribution in [0.1, 0.15) is 19.4 Å². The van der Waals surface area contributed by atoms with Gasteiger partial charge >= 0.3 is 5.69 Å². The Labute approximate surface area is 142 Å². The highest BCUT2D eigenvalue weighted by atomic mass is 35.5. The largest absolute Gasteiger partial charge is 1.00 e. The normalized spacial score (nSPS) is 9.43. The second-order valence-corrected chi connectivity index (χ2v) is 4.62. The average Bonchev–Trinajstić information content (AvgIpc) is 2.56. The van der Waals surface area contributed by atoms with Crippen molar-refractivity contribution < 1.29 is 21.9 Å². The summed E-state index contributed by atoms with van der Waals surface area (Å²) in [7, 11) is 0. The zero-order chi connectivity index (χ0) is 15.8. The van der Waals surface area contributed by atoms with E-state index in [-0.39, 0.29) is 12.4 Å². The predicted molar refractivity (Wildman–Crippen MR) is 87.3 cm³/mol. The lowest BCUT2D eigenvalue weighted by Gasteiger charge is -2.13. The van der Waals surface area contributed by atoms with Crippen molar-refractivity contribution in [3.63, 3.8) is 0 Å². The van der Waals surface area contributed by atoms with Crippen LogP contribution in [0.5, 0.6) is 11.5 Å². The van der Waals surface area contributed by atoms with E-state index < -0.39 is 0 Å². The molecule has 23 heavy (non-hydrogen) atoms. The van der Waals surface area contributed by atoms with Crippen LogP contribution in [-0.2, 0) is 6.54 Å². The van der Waals surface area contributed by atoms with Gasteiger partial charge in [-0.2, -0.15) is 0 Å². The molecule has 0 aliphatic rings. The number of hydrogen-bond donors (Lipinski definition) is 1. The van der Waals surface area contributed by atoms with E-state index in [4.69, 9.17) is 14.9 Å². The third-order valence-corrected chi connectivity index (χ3v) is 3.09. The number of diazo groups is 1. The molecule has 6 heteroatoms. The monoisotopic (exact) mass is 333 g/mol. The lowest BCUT2D eigenvalue weighted by molar-refractivity contribution is -0.00000576. The van der Waals surface area contributed by atoms with Gasteiger partial charge in [0.15, 0.2) is 10.7 Å². The molecule has 2 aromatic carbocycles. The SMILES string of the molecule is CCOc1cc(NCc2ccccc2)c(OCC)cc1[N+]#N.[Cl-]. The van der Waals surface area contributed by atoms with Crippen molar-refractivity contribution in [2.24, 2.45) is 0 Å². The van der Waals surface area contributed by atoms with Gasteiger partial charge in [-0.05, 0) is 19.4 Å². The van der Waals surface area contributed by atoms with Crippen LogP contribution < -0.4 is 27.2 Å². The molecule has 0 fully saturated rings. The van der Waals surface area contributed by atoms with Gasteiger partial charge in [0.2, 0.25) is 11.1 Å². The fraction of sp³-hybridized carbons (Fsp3) is 0.294. The minimum Gasteiger partial charge on any atom is -1.00 e. The summed E-state index contributed by atoms with van der Waals surface area (Å²) in [5.41, 5.74) is 2.33. The van der Waals surface area contributed by atoms with Crippen LogP contribution in [0.25, 0.3) is 4.98 Å². The van der Waals surface area contributed by atoms with Crippen molar-refractivity contribution in [2.45, 2.75) is 20.4 Å². The highest BCUT2D eigenvalue weighted by Crippen LogP contribution is 2.38. The molecule has 0 unspecified atom stereocenters. The second kappa shape index (κ2) is 9.54. The van der Waals surface area contributed by atoms with Crippen molar-refractivity contribution in [3.8, 4) is 11.5 Å². The highest BCUT2D eigenvalue weighted by Gasteiger charge is 2.20. The molecule has 2 aromatic rings. The fourth-order valence-electron chi connectivity index (χ4n) is 2.10. The minimum absolute atomic E-state index is 0. The molecule has 2 rings (SSSR count). The molecule has 5 nitrogen and oxygen atoms in total. The molecule has 0 saturated heterocycles. The van der Waals surface area contributed by atoms with Crippen molar-refractivity contribution in [1.82, 2.24) is 0 Å². The summed E-state index contributed by atoms with van der Waals surface area (Å²) >= 11 is 0. The molecule has 0 heterocycles. The van der Waals surface area contributed by atoms with Crippen molar-refractivity contribution in [1.29, 1.82) is 5.39 Å². The number of benzene rings is 2. The van der Waals surface area contributed by atoms with Crippen LogP contribution in [0.3, 0.4) is 0 Å². The van der Waals surface area contributed by atoms with Crippen LogP contribution in [0.15, 0.2) is 42.5 Å². The van der Waals surface area contributed by atoms with Crippen molar-refractivity contribution in [3.05, 3.63) is 53.0 Å². The predicted octanol–water partition coefficient (Wildman–Crippen LogP) is 1.58. The summed E-state index contributed by atoms with van der Waals surface area (Å²) in [6, 6.07) is 13.6. The van der Waals surface area contributed by atoms with Gasteiger partial charge < -0.3 is 27.2 Å². The van der Waals surface area contributed by atoms with Gasteiger partial charge in [0.05, 0.1) is 25.0 Å². The Balaban J connectivity index is 0.00000264. The zero-order valence-electron chi connectivity index (χ0n) is 13.3. The van der Waals surface area contributed by atoms with E-state index in [9.17, 15) is 0 Å². The summed E-state index contributed by atoms with van der Waals surface area (Å²) in [5.74, 6) is 1.15. The lowest BCUT2D eigenvalue weighted by Crippen LogP contribution is -3.00. The second-order valence-electron chi connectivity index (χ2n) is 4.62. The summed E-state index contributed by atoms with van der Waals surface area (Å²) in [4.78, 5) is 3.26. The van der Waals surface area contributed by atoms with Crippen LogP contribution >= 0.6 is 0 Å². The van der Waals surface area contributed by atoms with Crippen molar-refractivity contribution >= 4 is 11.4 Å². The molecule has 0 aliphatic carbocycles. The maximum atomic E-state index is 9.11. The van der Waals surface area contributed by atoms with Crippen LogP contribution in [-0.4, -0.2) is 13.2 Å². The Bertz CT molecular complexity index is 657. The first-order valence-corrected chi connectivity index (χ1v) is 7.35. The lowest BCUT2D eigenvalue weighted by atomic mass is 10.2. The first kappa shape index (κ1) is 18.6. The van der Waals surface area contributed by atoms with E-state index in [1.54, 1.807) is 12.1 Å². The smallest absolute Gasteiger partial charge is 0.430 e. The number of ether oxygens (including phenoxy) is 2. The Morgan fingerprint density at radius 2 is 1.65 bits per heavy atom. The molecule has 1 N–H and O–H groups in total. The molecular weight excluding hydrogens is 314 g/mol. The third-order valence-electron chi connectivity index (χ3n) is 3.09. The van der Waals surface area contributed by atoms with E-state index in [1.165, 1.54) is 5.56 Å². The van der Waals surface area contributed by atoms with Gasteiger partial charge in [0.1, 0.15) is 0 Å². The third kappa shape index (κ3) is 5.04. The standard InChI is InChI=1S/C17H20N3O2.ClH/c1-3-21-16-11-15(20-18)17(22-4-2)10-14(16)19-12-13-8-6-5-7-9-13;/h5-11,19H,3-4,12H2,1-2H3;1H/q+1;/p-1. The first-order chi connectivity index (χ1) is 10.8. The molecule has 0 atom stereocenters. The first-order valence-electron chi connectivity index (χ1n) is 7.35. The van der Waals surface area contributed by atoms with E-state index in [0.29, 0.717) is 36.9 Å². The molecule has 0 amide bonds. The number of nitrogens with one attached hydrogen (secondary N) is 1. The molecule has 0 saturated carbocycles. The highest BCUT2D eigenvalue weighted by molar-refractivity contribution is 5.71. The van der Waals surface area contributed by atoms with Crippen molar-refractivity contribution in [2.75, 3.05) is 18.5 Å². The Kier molecular flexibility index (Phi) is 7.72. The molecule has 0 bridgehead atoms. The van der Waals surface area contributed by atoms with E-state index in [0.717, 1.165) is 5.69 Å². The van der Waals surface area contributed by atoms with Gasteiger partial charge in [0.25, 0.3) is 0 Å². The number of halogens is 1. The Morgan fingerprint density at radius 3 is 2.26 bits per heavy atom. The van der Waals surface area contributed by atoms with E-state index in [1.807, 2.05) is 44.2 Å². The molecular formula is C17H20ClN3O2. The van der Waals surface area contributed by atoms with E-state index in [2.05, 4.69) is 10.3 Å². The van der Waals surface area contributed by atoms with E-state index >= 15 is 0 Å². The minimum atomic E-state index is 0. The number of nitrogens with zero attached hydrogens (tertiary/aromatic N) is 2. The summed E-state index contributed by atoms with van der Waals surface area (Å²) in [6.45, 7) is 5.48. The Hall–Kier alpha value is -2.45. The molecule has 0 aliphatic heterocycles. The molecule has 0 aromatic heterocycles. The quantitative estimate of drug-likeness (QED) is 0.782. The van der Waals surface area contributed by atoms with Crippen LogP contribution in [0.2, 0.25) is 0 Å². The fourth-order valence-corrected chi connectivity index (χ4v) is 2.10. The summed E-state index contributed by atoms with van der Waals surface area (Å²) < 4.78 is 11.1. The van der Waals surface area contributed by atoms with Gasteiger partial charge in [-0.3, -0.25) is 0 Å². The molecule has 0 spiro atoms. The topological polar surface area (TPSA) is 58.6 Å².